The van der Waals surface area contributed by atoms with Gasteiger partial charge in [0.05, 0.1) is 13.0 Å². The molecule has 2 rings (SSSR count). The lowest BCUT2D eigenvalue weighted by molar-refractivity contribution is -0.144. The molecular formula is C8H10O3. The molecule has 0 bridgehead atoms. The molecular weight excluding hydrogens is 144 g/mol. The summed E-state index contributed by atoms with van der Waals surface area (Å²) in [7, 11) is 1.38. The summed E-state index contributed by atoms with van der Waals surface area (Å²) in [5.41, 5.74) is 0. The first-order valence-corrected chi connectivity index (χ1v) is 3.86. The minimum absolute atomic E-state index is 0.0300. The lowest BCUT2D eigenvalue weighted by Gasteiger charge is -1.98. The minimum Gasteiger partial charge on any atom is -0.469 e. The van der Waals surface area contributed by atoms with Gasteiger partial charge in [0.2, 0.25) is 0 Å². The molecule has 11 heavy (non-hydrogen) atoms. The van der Waals surface area contributed by atoms with Gasteiger partial charge < -0.3 is 4.74 Å². The van der Waals surface area contributed by atoms with E-state index in [2.05, 4.69) is 4.74 Å². The second-order valence-corrected chi connectivity index (χ2v) is 3.24. The smallest absolute Gasteiger partial charge is 0.309 e. The van der Waals surface area contributed by atoms with E-state index in [4.69, 9.17) is 0 Å². The van der Waals surface area contributed by atoms with Crippen LogP contribution < -0.4 is 0 Å². The third kappa shape index (κ3) is 0.800. The van der Waals surface area contributed by atoms with Crippen molar-refractivity contribution < 1.29 is 14.3 Å². The topological polar surface area (TPSA) is 43.4 Å². The van der Waals surface area contributed by atoms with Crippen LogP contribution in [0, 0.1) is 17.8 Å². The molecule has 0 saturated heterocycles. The molecule has 0 spiro atoms. The third-order valence-electron chi connectivity index (χ3n) is 2.74. The van der Waals surface area contributed by atoms with E-state index in [0.717, 1.165) is 6.42 Å². The van der Waals surface area contributed by atoms with Crippen molar-refractivity contribution in [2.45, 2.75) is 12.8 Å². The van der Waals surface area contributed by atoms with Crippen LogP contribution in [0.15, 0.2) is 0 Å². The average Bonchev–Trinajstić information content (AvgIpc) is 2.63. The van der Waals surface area contributed by atoms with Crippen molar-refractivity contribution in [1.82, 2.24) is 0 Å². The standard InChI is InChI=1S/C8H10O3/c1-11-8(10)7-4-2-3-5(9)6(4)7/h4,6-7H,2-3H2,1H3/t4-,6-,7+/m1/s1. The number of Topliss-reactive ketones (excluding diaryl/α,β-unsaturated/α-hetero) is 1. The monoisotopic (exact) mass is 154 g/mol. The number of carbonyl (C=O) groups is 2. The summed E-state index contributed by atoms with van der Waals surface area (Å²) < 4.78 is 4.57. The molecule has 2 fully saturated rings. The van der Waals surface area contributed by atoms with Crippen molar-refractivity contribution in [3.05, 3.63) is 0 Å². The van der Waals surface area contributed by atoms with Gasteiger partial charge in [-0.1, -0.05) is 0 Å². The van der Waals surface area contributed by atoms with Crippen LogP contribution in [0.2, 0.25) is 0 Å². The van der Waals surface area contributed by atoms with Gasteiger partial charge in [0.15, 0.2) is 0 Å². The van der Waals surface area contributed by atoms with Crippen molar-refractivity contribution in [3.63, 3.8) is 0 Å². The number of ether oxygens (including phenoxy) is 1. The molecule has 3 nitrogen and oxygen atoms in total. The summed E-state index contributed by atoms with van der Waals surface area (Å²) in [5.74, 6) is 0.331. The first kappa shape index (κ1) is 6.83. The van der Waals surface area contributed by atoms with Crippen molar-refractivity contribution in [2.75, 3.05) is 7.11 Å². The van der Waals surface area contributed by atoms with E-state index in [-0.39, 0.29) is 23.6 Å². The molecule has 0 aliphatic heterocycles. The fourth-order valence-electron chi connectivity index (χ4n) is 2.11. The summed E-state index contributed by atoms with van der Waals surface area (Å²) in [6.45, 7) is 0. The summed E-state index contributed by atoms with van der Waals surface area (Å²) in [5, 5.41) is 0. The lowest BCUT2D eigenvalue weighted by atomic mass is 10.1. The number of ketones is 1. The number of hydrogen-bond acceptors (Lipinski definition) is 3. The predicted octanol–water partition coefficient (Wildman–Crippen LogP) is 0.384. The lowest BCUT2D eigenvalue weighted by Crippen LogP contribution is -2.10. The van der Waals surface area contributed by atoms with Crippen LogP contribution in [0.5, 0.6) is 0 Å². The molecule has 60 valence electrons. The Hall–Kier alpha value is -0.860. The van der Waals surface area contributed by atoms with E-state index in [0.29, 0.717) is 12.3 Å². The van der Waals surface area contributed by atoms with E-state index in [1.807, 2.05) is 0 Å². The fourth-order valence-corrected chi connectivity index (χ4v) is 2.11. The van der Waals surface area contributed by atoms with Crippen molar-refractivity contribution >= 4 is 11.8 Å². The van der Waals surface area contributed by atoms with Crippen LogP contribution in [0.3, 0.4) is 0 Å². The van der Waals surface area contributed by atoms with E-state index < -0.39 is 0 Å². The van der Waals surface area contributed by atoms with Gasteiger partial charge in [-0.15, -0.1) is 0 Å². The van der Waals surface area contributed by atoms with Crippen molar-refractivity contribution in [1.29, 1.82) is 0 Å². The van der Waals surface area contributed by atoms with Gasteiger partial charge in [-0.2, -0.15) is 0 Å². The number of hydrogen-bond donors (Lipinski definition) is 0. The normalized spacial score (nSPS) is 40.1. The summed E-state index contributed by atoms with van der Waals surface area (Å²) in [6, 6.07) is 0. The number of rotatable bonds is 1. The maximum atomic E-state index is 11.0. The summed E-state index contributed by atoms with van der Waals surface area (Å²) in [4.78, 5) is 22.0. The molecule has 3 heteroatoms. The highest BCUT2D eigenvalue weighted by Gasteiger charge is 2.62. The Morgan fingerprint density at radius 1 is 1.64 bits per heavy atom. The largest absolute Gasteiger partial charge is 0.469 e. The summed E-state index contributed by atoms with van der Waals surface area (Å²) in [6.07, 6.45) is 1.56. The summed E-state index contributed by atoms with van der Waals surface area (Å²) >= 11 is 0. The maximum Gasteiger partial charge on any atom is 0.309 e. The molecule has 0 heterocycles. The van der Waals surface area contributed by atoms with Crippen LogP contribution in [-0.4, -0.2) is 18.9 Å². The highest BCUT2D eigenvalue weighted by Crippen LogP contribution is 2.55. The molecule has 0 radical (unpaired) electrons. The number of carbonyl (C=O) groups excluding carboxylic acids is 2. The van der Waals surface area contributed by atoms with Crippen LogP contribution >= 0.6 is 0 Å². The fraction of sp³-hybridized carbons (Fsp3) is 0.750. The Morgan fingerprint density at radius 3 is 2.82 bits per heavy atom. The molecule has 2 saturated carbocycles. The molecule has 2 aliphatic rings. The van der Waals surface area contributed by atoms with E-state index in [1.54, 1.807) is 0 Å². The zero-order valence-electron chi connectivity index (χ0n) is 6.37. The quantitative estimate of drug-likeness (QED) is 0.513. The van der Waals surface area contributed by atoms with E-state index in [1.165, 1.54) is 7.11 Å². The number of methoxy groups -OCH3 is 1. The molecule has 0 aromatic rings. The zero-order chi connectivity index (χ0) is 8.01. The van der Waals surface area contributed by atoms with Gasteiger partial charge in [-0.25, -0.2) is 0 Å². The van der Waals surface area contributed by atoms with E-state index >= 15 is 0 Å². The molecule has 0 N–H and O–H groups in total. The maximum absolute atomic E-state index is 11.0. The molecule has 0 aromatic heterocycles. The van der Waals surface area contributed by atoms with Crippen LogP contribution in [0.25, 0.3) is 0 Å². The minimum atomic E-state index is -0.201. The van der Waals surface area contributed by atoms with Gasteiger partial charge in [-0.3, -0.25) is 9.59 Å². The van der Waals surface area contributed by atoms with E-state index in [9.17, 15) is 9.59 Å². The van der Waals surface area contributed by atoms with Gasteiger partial charge in [0.25, 0.3) is 0 Å². The van der Waals surface area contributed by atoms with Crippen LogP contribution in [-0.2, 0) is 14.3 Å². The van der Waals surface area contributed by atoms with Gasteiger partial charge in [0.1, 0.15) is 5.78 Å². The Morgan fingerprint density at radius 2 is 2.36 bits per heavy atom. The Balaban J connectivity index is 2.04. The SMILES string of the molecule is COC(=O)[C@H]1[C@@H]2CCC(=O)[C@@H]21. The van der Waals surface area contributed by atoms with Crippen molar-refractivity contribution in [2.24, 2.45) is 17.8 Å². The molecule has 0 amide bonds. The van der Waals surface area contributed by atoms with Gasteiger partial charge in [0, 0.05) is 12.3 Å². The molecule has 3 atom stereocenters. The molecule has 0 unspecified atom stereocenters. The van der Waals surface area contributed by atoms with Crippen molar-refractivity contribution in [3.8, 4) is 0 Å². The number of esters is 1. The van der Waals surface area contributed by atoms with Gasteiger partial charge >= 0.3 is 5.97 Å². The Labute approximate surface area is 64.7 Å². The Kier molecular flexibility index (Phi) is 1.28. The predicted molar refractivity (Wildman–Crippen MR) is 36.7 cm³/mol. The second kappa shape index (κ2) is 2.06. The second-order valence-electron chi connectivity index (χ2n) is 3.24. The highest BCUT2D eigenvalue weighted by molar-refractivity contribution is 5.94. The molecule has 0 aromatic carbocycles. The number of fused-ring (bicyclic) bond motifs is 1. The third-order valence-corrected chi connectivity index (χ3v) is 2.74. The molecule has 2 aliphatic carbocycles. The first-order chi connectivity index (χ1) is 5.25. The average molecular weight is 154 g/mol. The highest BCUT2D eigenvalue weighted by atomic mass is 16.5. The zero-order valence-corrected chi connectivity index (χ0v) is 6.37. The van der Waals surface area contributed by atoms with Crippen LogP contribution in [0.4, 0.5) is 0 Å². The van der Waals surface area contributed by atoms with Crippen LogP contribution in [0.1, 0.15) is 12.8 Å². The first-order valence-electron chi connectivity index (χ1n) is 3.86. The van der Waals surface area contributed by atoms with Gasteiger partial charge in [-0.05, 0) is 12.3 Å². The Bertz CT molecular complexity index is 221.